The first-order chi connectivity index (χ1) is 5.61. The number of amidine groups is 1. The summed E-state index contributed by atoms with van der Waals surface area (Å²) >= 11 is 0. The van der Waals surface area contributed by atoms with Gasteiger partial charge in [0.1, 0.15) is 0 Å². The number of hydrogen-bond acceptors (Lipinski definition) is 1. The van der Waals surface area contributed by atoms with Gasteiger partial charge in [0.05, 0.1) is 11.9 Å². The molecule has 72 valence electrons. The summed E-state index contributed by atoms with van der Waals surface area (Å²) in [6.07, 6.45) is 3.44. The van der Waals surface area contributed by atoms with Gasteiger partial charge < -0.3 is 5.73 Å². The summed E-state index contributed by atoms with van der Waals surface area (Å²) in [5.74, 6) is 1.19. The fourth-order valence-electron chi connectivity index (χ4n) is 1.05. The largest absolute Gasteiger partial charge is 0.387 e. The van der Waals surface area contributed by atoms with Crippen LogP contribution < -0.4 is 5.73 Å². The van der Waals surface area contributed by atoms with Gasteiger partial charge in [-0.15, -0.1) is 0 Å². The van der Waals surface area contributed by atoms with Gasteiger partial charge >= 0.3 is 0 Å². The Kier molecular flexibility index (Phi) is 5.77. The molecule has 0 heterocycles. The van der Waals surface area contributed by atoms with Crippen LogP contribution in [0.5, 0.6) is 0 Å². The van der Waals surface area contributed by atoms with Gasteiger partial charge in [0.15, 0.2) is 0 Å². The predicted octanol–water partition coefficient (Wildman–Crippen LogP) is 2.58. The van der Waals surface area contributed by atoms with Crippen LogP contribution >= 0.6 is 0 Å². The number of nitrogens with zero attached hydrogens (tertiary/aromatic N) is 1. The highest BCUT2D eigenvalue weighted by Gasteiger charge is 2.05. The Labute approximate surface area is 76.3 Å². The van der Waals surface area contributed by atoms with Crippen LogP contribution in [0.25, 0.3) is 0 Å². The standard InChI is InChI=1S/C10H22N2/c1-5-7-9(6-2)12-10(11)8(3)4/h8-9H,5-7H2,1-4H3,(H2,11,12). The molecule has 0 spiro atoms. The lowest BCUT2D eigenvalue weighted by atomic mass is 10.1. The molecule has 0 aromatic rings. The van der Waals surface area contributed by atoms with Crippen LogP contribution in [0.15, 0.2) is 4.99 Å². The lowest BCUT2D eigenvalue weighted by Gasteiger charge is -2.11. The van der Waals surface area contributed by atoms with E-state index in [2.05, 4.69) is 32.7 Å². The first kappa shape index (κ1) is 11.5. The summed E-state index contributed by atoms with van der Waals surface area (Å²) in [5.41, 5.74) is 5.77. The van der Waals surface area contributed by atoms with Gasteiger partial charge in [-0.3, -0.25) is 4.99 Å². The molecule has 1 unspecified atom stereocenters. The van der Waals surface area contributed by atoms with E-state index >= 15 is 0 Å². The van der Waals surface area contributed by atoms with Crippen LogP contribution in [-0.4, -0.2) is 11.9 Å². The zero-order valence-electron chi connectivity index (χ0n) is 8.80. The van der Waals surface area contributed by atoms with Gasteiger partial charge in [0.25, 0.3) is 0 Å². The van der Waals surface area contributed by atoms with Crippen molar-refractivity contribution in [1.29, 1.82) is 0 Å². The molecule has 0 aliphatic rings. The predicted molar refractivity (Wildman–Crippen MR) is 55.4 cm³/mol. The van der Waals surface area contributed by atoms with Crippen LogP contribution in [0.1, 0.15) is 47.0 Å². The Hall–Kier alpha value is -0.530. The molecule has 0 amide bonds. The lowest BCUT2D eigenvalue weighted by molar-refractivity contribution is 0.584. The maximum Gasteiger partial charge on any atom is 0.0966 e. The number of aliphatic imine (C=N–C) groups is 1. The molecular formula is C10H22N2. The molecule has 0 saturated heterocycles. The van der Waals surface area contributed by atoms with Crippen molar-refractivity contribution in [2.24, 2.45) is 16.6 Å². The Morgan fingerprint density at radius 1 is 1.33 bits per heavy atom. The summed E-state index contributed by atoms with van der Waals surface area (Å²) < 4.78 is 0. The summed E-state index contributed by atoms with van der Waals surface area (Å²) in [6.45, 7) is 8.51. The van der Waals surface area contributed by atoms with E-state index in [0.717, 1.165) is 18.7 Å². The fourth-order valence-corrected chi connectivity index (χ4v) is 1.05. The molecular weight excluding hydrogens is 148 g/mol. The minimum atomic E-state index is 0.385. The zero-order chi connectivity index (χ0) is 9.56. The van der Waals surface area contributed by atoms with Crippen LogP contribution in [0.4, 0.5) is 0 Å². The number of nitrogens with two attached hydrogens (primary N) is 1. The first-order valence-electron chi connectivity index (χ1n) is 4.94. The van der Waals surface area contributed by atoms with Crippen LogP contribution in [0.3, 0.4) is 0 Å². The second kappa shape index (κ2) is 6.04. The Morgan fingerprint density at radius 3 is 2.25 bits per heavy atom. The number of rotatable bonds is 5. The molecule has 0 saturated carbocycles. The second-order valence-corrected chi connectivity index (χ2v) is 3.56. The van der Waals surface area contributed by atoms with Crippen molar-refractivity contribution in [2.75, 3.05) is 0 Å². The molecule has 0 aromatic heterocycles. The van der Waals surface area contributed by atoms with Gasteiger partial charge in [-0.1, -0.05) is 34.1 Å². The van der Waals surface area contributed by atoms with Gasteiger partial charge in [-0.25, -0.2) is 0 Å². The SMILES string of the molecule is CCCC(CC)N=C(N)C(C)C. The topological polar surface area (TPSA) is 38.4 Å². The summed E-state index contributed by atoms with van der Waals surface area (Å²) in [5, 5.41) is 0. The Bertz CT molecular complexity index is 139. The molecule has 0 aliphatic heterocycles. The molecule has 0 bridgehead atoms. The monoisotopic (exact) mass is 170 g/mol. The van der Waals surface area contributed by atoms with E-state index in [1.807, 2.05) is 0 Å². The third-order valence-electron chi connectivity index (χ3n) is 2.02. The van der Waals surface area contributed by atoms with Crippen molar-refractivity contribution in [3.8, 4) is 0 Å². The van der Waals surface area contributed by atoms with E-state index in [0.29, 0.717) is 12.0 Å². The molecule has 12 heavy (non-hydrogen) atoms. The van der Waals surface area contributed by atoms with E-state index in [4.69, 9.17) is 5.73 Å². The molecule has 1 atom stereocenters. The van der Waals surface area contributed by atoms with Crippen LogP contribution in [-0.2, 0) is 0 Å². The zero-order valence-corrected chi connectivity index (χ0v) is 8.80. The van der Waals surface area contributed by atoms with E-state index in [1.165, 1.54) is 6.42 Å². The van der Waals surface area contributed by atoms with Crippen molar-refractivity contribution in [3.63, 3.8) is 0 Å². The van der Waals surface area contributed by atoms with Crippen molar-refractivity contribution in [1.82, 2.24) is 0 Å². The van der Waals surface area contributed by atoms with E-state index in [1.54, 1.807) is 0 Å². The molecule has 0 rings (SSSR count). The summed E-state index contributed by atoms with van der Waals surface area (Å²) in [6, 6.07) is 0.442. The van der Waals surface area contributed by atoms with Crippen molar-refractivity contribution in [3.05, 3.63) is 0 Å². The highest BCUT2D eigenvalue weighted by Crippen LogP contribution is 2.07. The molecule has 0 fully saturated rings. The van der Waals surface area contributed by atoms with Crippen molar-refractivity contribution >= 4 is 5.84 Å². The summed E-state index contributed by atoms with van der Waals surface area (Å²) in [4.78, 5) is 4.48. The Morgan fingerprint density at radius 2 is 1.92 bits per heavy atom. The average Bonchev–Trinajstić information content (AvgIpc) is 2.03. The first-order valence-corrected chi connectivity index (χ1v) is 4.94. The highest BCUT2D eigenvalue weighted by atomic mass is 14.9. The van der Waals surface area contributed by atoms with Gasteiger partial charge in [0, 0.05) is 5.92 Å². The third kappa shape index (κ3) is 4.37. The molecule has 0 radical (unpaired) electrons. The quantitative estimate of drug-likeness (QED) is 0.500. The molecule has 0 aromatic carbocycles. The minimum Gasteiger partial charge on any atom is -0.387 e. The minimum absolute atomic E-state index is 0.385. The smallest absolute Gasteiger partial charge is 0.0966 e. The average molecular weight is 170 g/mol. The van der Waals surface area contributed by atoms with E-state index in [9.17, 15) is 0 Å². The van der Waals surface area contributed by atoms with Gasteiger partial charge in [-0.05, 0) is 12.8 Å². The maximum atomic E-state index is 5.77. The third-order valence-corrected chi connectivity index (χ3v) is 2.02. The van der Waals surface area contributed by atoms with Crippen molar-refractivity contribution < 1.29 is 0 Å². The Balaban J connectivity index is 4.05. The van der Waals surface area contributed by atoms with Crippen LogP contribution in [0, 0.1) is 5.92 Å². The maximum absolute atomic E-state index is 5.77. The van der Waals surface area contributed by atoms with Crippen LogP contribution in [0.2, 0.25) is 0 Å². The van der Waals surface area contributed by atoms with Gasteiger partial charge in [-0.2, -0.15) is 0 Å². The molecule has 2 N–H and O–H groups in total. The highest BCUT2D eigenvalue weighted by molar-refractivity contribution is 5.82. The normalized spacial score (nSPS) is 15.2. The molecule has 2 heteroatoms. The lowest BCUT2D eigenvalue weighted by Crippen LogP contribution is -2.21. The molecule has 2 nitrogen and oxygen atoms in total. The second-order valence-electron chi connectivity index (χ2n) is 3.56. The molecule has 0 aliphatic carbocycles. The van der Waals surface area contributed by atoms with Gasteiger partial charge in [0.2, 0.25) is 0 Å². The van der Waals surface area contributed by atoms with Crippen molar-refractivity contribution in [2.45, 2.75) is 53.0 Å². The summed E-state index contributed by atoms with van der Waals surface area (Å²) in [7, 11) is 0. The number of hydrogen-bond donors (Lipinski definition) is 1. The fraction of sp³-hybridized carbons (Fsp3) is 0.900. The van der Waals surface area contributed by atoms with E-state index in [-0.39, 0.29) is 0 Å². The van der Waals surface area contributed by atoms with E-state index < -0.39 is 0 Å².